The fourth-order valence-electron chi connectivity index (χ4n) is 3.38. The molecule has 0 bridgehead atoms. The average molecular weight is 352 g/mol. The Balaban J connectivity index is 1.61. The second-order valence-corrected chi connectivity index (χ2v) is 7.12. The second-order valence-electron chi connectivity index (χ2n) is 7.12. The van der Waals surface area contributed by atoms with Crippen LogP contribution in [0, 0.1) is 13.8 Å². The summed E-state index contributed by atoms with van der Waals surface area (Å²) in [4.78, 5) is 17.1. The number of hydrogen-bond acceptors (Lipinski definition) is 3. The van der Waals surface area contributed by atoms with Crippen LogP contribution >= 0.6 is 0 Å². The molecular formula is C22H28N2O2. The number of likely N-dealkylation sites (N-methyl/N-ethyl adjacent to an activating group) is 1. The van der Waals surface area contributed by atoms with E-state index in [1.165, 1.54) is 16.7 Å². The molecule has 1 fully saturated rings. The number of rotatable bonds is 5. The summed E-state index contributed by atoms with van der Waals surface area (Å²) in [5, 5.41) is 0. The van der Waals surface area contributed by atoms with E-state index < -0.39 is 0 Å². The molecule has 4 nitrogen and oxygen atoms in total. The molecule has 0 aromatic heterocycles. The van der Waals surface area contributed by atoms with Gasteiger partial charge in [0.05, 0.1) is 19.1 Å². The Labute approximate surface area is 156 Å². The molecule has 0 aliphatic carbocycles. The highest BCUT2D eigenvalue weighted by Gasteiger charge is 2.29. The molecule has 1 unspecified atom stereocenters. The summed E-state index contributed by atoms with van der Waals surface area (Å²) in [6, 6.07) is 16.5. The van der Waals surface area contributed by atoms with Gasteiger partial charge in [0.2, 0.25) is 5.91 Å². The number of amides is 1. The lowest BCUT2D eigenvalue weighted by Crippen LogP contribution is -2.49. The van der Waals surface area contributed by atoms with Crippen molar-refractivity contribution in [3.05, 3.63) is 65.2 Å². The Kier molecular flexibility index (Phi) is 5.94. The van der Waals surface area contributed by atoms with Gasteiger partial charge >= 0.3 is 0 Å². The molecule has 0 saturated carbocycles. The Bertz CT molecular complexity index is 745. The quantitative estimate of drug-likeness (QED) is 0.824. The number of piperazine rings is 1. The summed E-state index contributed by atoms with van der Waals surface area (Å²) in [5.74, 6) is 0.995. The van der Waals surface area contributed by atoms with Gasteiger partial charge < -0.3 is 14.5 Å². The van der Waals surface area contributed by atoms with Crippen LogP contribution < -0.4 is 4.74 Å². The molecule has 1 saturated heterocycles. The van der Waals surface area contributed by atoms with Crippen LogP contribution in [0.1, 0.15) is 29.2 Å². The molecule has 138 valence electrons. The third-order valence-corrected chi connectivity index (χ3v) is 5.15. The van der Waals surface area contributed by atoms with Gasteiger partial charge in [-0.15, -0.1) is 0 Å². The monoisotopic (exact) mass is 352 g/mol. The van der Waals surface area contributed by atoms with E-state index in [0.29, 0.717) is 13.0 Å². The first-order valence-electron chi connectivity index (χ1n) is 9.27. The highest BCUT2D eigenvalue weighted by molar-refractivity contribution is 5.77. The Morgan fingerprint density at radius 2 is 1.85 bits per heavy atom. The predicted molar refractivity (Wildman–Crippen MR) is 104 cm³/mol. The molecule has 2 aromatic rings. The molecule has 1 atom stereocenters. The maximum absolute atomic E-state index is 12.8. The van der Waals surface area contributed by atoms with E-state index >= 15 is 0 Å². The van der Waals surface area contributed by atoms with Crippen molar-refractivity contribution in [2.45, 2.75) is 26.3 Å². The first-order valence-corrected chi connectivity index (χ1v) is 9.27. The lowest BCUT2D eigenvalue weighted by molar-refractivity contribution is -0.136. The van der Waals surface area contributed by atoms with Crippen LogP contribution in [0.5, 0.6) is 5.75 Å². The highest BCUT2D eigenvalue weighted by Crippen LogP contribution is 2.25. The molecule has 1 amide bonds. The van der Waals surface area contributed by atoms with Gasteiger partial charge in [-0.2, -0.15) is 0 Å². The third-order valence-electron chi connectivity index (χ3n) is 5.15. The average Bonchev–Trinajstić information content (AvgIpc) is 2.65. The zero-order valence-electron chi connectivity index (χ0n) is 15.9. The van der Waals surface area contributed by atoms with Crippen molar-refractivity contribution in [1.82, 2.24) is 9.80 Å². The number of aryl methyl sites for hydroxylation is 2. The first kappa shape index (κ1) is 18.5. The van der Waals surface area contributed by atoms with Crippen LogP contribution in [-0.2, 0) is 4.79 Å². The minimum atomic E-state index is 0.115. The molecular weight excluding hydrogens is 324 g/mol. The Morgan fingerprint density at radius 1 is 1.08 bits per heavy atom. The maximum atomic E-state index is 12.8. The van der Waals surface area contributed by atoms with E-state index in [9.17, 15) is 4.79 Å². The molecule has 0 radical (unpaired) electrons. The standard InChI is InChI=1S/C22H28N2O2/c1-17-9-10-20(15-18(17)2)26-14-11-22(25)24-13-12-23(3)16-21(24)19-7-5-4-6-8-19/h4-10,15,21H,11-14,16H2,1-3H3. The first-order chi connectivity index (χ1) is 12.5. The zero-order chi connectivity index (χ0) is 18.5. The van der Waals surface area contributed by atoms with E-state index in [1.54, 1.807) is 0 Å². The van der Waals surface area contributed by atoms with Gasteiger partial charge in [-0.05, 0) is 49.7 Å². The van der Waals surface area contributed by atoms with Crippen molar-refractivity contribution in [2.24, 2.45) is 0 Å². The van der Waals surface area contributed by atoms with E-state index in [4.69, 9.17) is 4.74 Å². The topological polar surface area (TPSA) is 32.8 Å². The zero-order valence-corrected chi connectivity index (χ0v) is 15.9. The molecule has 1 aliphatic rings. The molecule has 0 spiro atoms. The third kappa shape index (κ3) is 4.44. The van der Waals surface area contributed by atoms with Crippen molar-refractivity contribution >= 4 is 5.91 Å². The van der Waals surface area contributed by atoms with Crippen molar-refractivity contribution in [3.63, 3.8) is 0 Å². The van der Waals surface area contributed by atoms with Crippen LogP contribution in [0.15, 0.2) is 48.5 Å². The lowest BCUT2D eigenvalue weighted by atomic mass is 10.0. The van der Waals surface area contributed by atoms with Crippen molar-refractivity contribution < 1.29 is 9.53 Å². The number of ether oxygens (including phenoxy) is 1. The van der Waals surface area contributed by atoms with Crippen LogP contribution in [0.3, 0.4) is 0 Å². The number of hydrogen-bond donors (Lipinski definition) is 0. The fraction of sp³-hybridized carbons (Fsp3) is 0.409. The molecule has 4 heteroatoms. The van der Waals surface area contributed by atoms with Crippen molar-refractivity contribution in [3.8, 4) is 5.75 Å². The van der Waals surface area contributed by atoms with Gasteiger partial charge in [0, 0.05) is 19.6 Å². The molecule has 3 rings (SSSR count). The van der Waals surface area contributed by atoms with Crippen LogP contribution in [0.4, 0.5) is 0 Å². The SMILES string of the molecule is Cc1ccc(OCCC(=O)N2CCN(C)CC2c2ccccc2)cc1C. The smallest absolute Gasteiger partial charge is 0.226 e. The van der Waals surface area contributed by atoms with Gasteiger partial charge in [-0.3, -0.25) is 4.79 Å². The number of carbonyl (C=O) groups is 1. The largest absolute Gasteiger partial charge is 0.493 e. The fourth-order valence-corrected chi connectivity index (χ4v) is 3.38. The van der Waals surface area contributed by atoms with Crippen molar-refractivity contribution in [2.75, 3.05) is 33.3 Å². The number of carbonyl (C=O) groups excluding carboxylic acids is 1. The molecule has 1 aliphatic heterocycles. The summed E-state index contributed by atoms with van der Waals surface area (Å²) in [5.41, 5.74) is 3.65. The molecule has 0 N–H and O–H groups in total. The summed E-state index contributed by atoms with van der Waals surface area (Å²) in [7, 11) is 2.11. The minimum Gasteiger partial charge on any atom is -0.493 e. The summed E-state index contributed by atoms with van der Waals surface area (Å²) < 4.78 is 5.81. The van der Waals surface area contributed by atoms with Crippen molar-refractivity contribution in [1.29, 1.82) is 0 Å². The van der Waals surface area contributed by atoms with Crippen LogP contribution in [0.25, 0.3) is 0 Å². The van der Waals surface area contributed by atoms with E-state index in [2.05, 4.69) is 44.0 Å². The molecule has 26 heavy (non-hydrogen) atoms. The Hall–Kier alpha value is -2.33. The molecule has 1 heterocycles. The van der Waals surface area contributed by atoms with E-state index in [-0.39, 0.29) is 11.9 Å². The number of benzene rings is 2. The summed E-state index contributed by atoms with van der Waals surface area (Å²) in [6.45, 7) is 7.11. The minimum absolute atomic E-state index is 0.115. The summed E-state index contributed by atoms with van der Waals surface area (Å²) >= 11 is 0. The van der Waals surface area contributed by atoms with E-state index in [0.717, 1.165) is 25.4 Å². The van der Waals surface area contributed by atoms with Gasteiger partial charge in [0.15, 0.2) is 0 Å². The molecule has 2 aromatic carbocycles. The van der Waals surface area contributed by atoms with Crippen LogP contribution in [-0.4, -0.2) is 49.0 Å². The van der Waals surface area contributed by atoms with Gasteiger partial charge in [-0.1, -0.05) is 36.4 Å². The lowest BCUT2D eigenvalue weighted by Gasteiger charge is -2.40. The van der Waals surface area contributed by atoms with Gasteiger partial charge in [-0.25, -0.2) is 0 Å². The Morgan fingerprint density at radius 3 is 2.58 bits per heavy atom. The van der Waals surface area contributed by atoms with E-state index in [1.807, 2.05) is 35.2 Å². The highest BCUT2D eigenvalue weighted by atomic mass is 16.5. The second kappa shape index (κ2) is 8.37. The number of nitrogens with zero attached hydrogens (tertiary/aromatic N) is 2. The summed E-state index contributed by atoms with van der Waals surface area (Å²) in [6.07, 6.45) is 0.403. The maximum Gasteiger partial charge on any atom is 0.226 e. The van der Waals surface area contributed by atoms with Crippen LogP contribution in [0.2, 0.25) is 0 Å². The predicted octanol–water partition coefficient (Wildman–Crippen LogP) is 3.59. The van der Waals surface area contributed by atoms with Gasteiger partial charge in [0.25, 0.3) is 0 Å². The van der Waals surface area contributed by atoms with Gasteiger partial charge in [0.1, 0.15) is 5.75 Å². The normalized spacial score (nSPS) is 18.0.